The van der Waals surface area contributed by atoms with Crippen molar-refractivity contribution in [3.8, 4) is 17.2 Å². The Balaban J connectivity index is 1.43. The van der Waals surface area contributed by atoms with E-state index >= 15 is 0 Å². The van der Waals surface area contributed by atoms with Gasteiger partial charge in [-0.1, -0.05) is 60.3 Å². The zero-order valence-electron chi connectivity index (χ0n) is 17.0. The lowest BCUT2D eigenvalue weighted by Crippen LogP contribution is -2.28. The highest BCUT2D eigenvalue weighted by Gasteiger charge is 2.32. The van der Waals surface area contributed by atoms with Crippen molar-refractivity contribution >= 4 is 11.8 Å². The molecule has 2 atom stereocenters. The minimum atomic E-state index is -0.705. The molecule has 1 aliphatic heterocycles. The lowest BCUT2D eigenvalue weighted by molar-refractivity contribution is 0.122. The van der Waals surface area contributed by atoms with E-state index in [0.29, 0.717) is 23.3 Å². The highest BCUT2D eigenvalue weighted by Crippen LogP contribution is 2.40. The highest BCUT2D eigenvalue weighted by atomic mass is 32.2. The first-order valence-electron chi connectivity index (χ1n) is 10.1. The van der Waals surface area contributed by atoms with E-state index in [0.717, 1.165) is 11.3 Å². The molecule has 1 aromatic heterocycles. The number of aliphatic hydroxyl groups is 1. The number of para-hydroxylation sites is 3. The maximum Gasteiger partial charge on any atom is 0.196 e. The van der Waals surface area contributed by atoms with Gasteiger partial charge in [0.25, 0.3) is 0 Å². The predicted octanol–water partition coefficient (Wildman–Crippen LogP) is 4.57. The Morgan fingerprint density at radius 2 is 1.75 bits per heavy atom. The van der Waals surface area contributed by atoms with Crippen LogP contribution in [0.2, 0.25) is 0 Å². The maximum atomic E-state index is 14.0. The van der Waals surface area contributed by atoms with Crippen molar-refractivity contribution in [2.24, 2.45) is 0 Å². The van der Waals surface area contributed by atoms with Gasteiger partial charge >= 0.3 is 0 Å². The maximum absolute atomic E-state index is 14.0. The van der Waals surface area contributed by atoms with E-state index in [1.807, 2.05) is 59.2 Å². The Labute approximate surface area is 188 Å². The van der Waals surface area contributed by atoms with Gasteiger partial charge in [0.1, 0.15) is 19.0 Å². The first-order chi connectivity index (χ1) is 15.7. The molecule has 0 aliphatic carbocycles. The summed E-state index contributed by atoms with van der Waals surface area (Å²) in [5.41, 5.74) is 1.60. The Hall–Kier alpha value is -3.36. The van der Waals surface area contributed by atoms with Crippen LogP contribution in [0.5, 0.6) is 11.5 Å². The molecule has 0 saturated carbocycles. The number of hydrogen-bond donors (Lipinski definition) is 1. The fraction of sp³-hybridized carbons (Fsp3) is 0.167. The first-order valence-corrected chi connectivity index (χ1v) is 11.0. The standard InChI is InChI=1S/C24H20FN3O3S/c25-18-11-5-7-13-20(18)31-15-22-26-27-24(28(22)16-8-2-1-3-9-16)32-21-14-30-19-12-6-4-10-17(19)23(21)29/h1-13,21,23,29H,14-15H2/t21-,23+/m0/s1. The summed E-state index contributed by atoms with van der Waals surface area (Å²) in [6, 6.07) is 23.3. The van der Waals surface area contributed by atoms with Gasteiger partial charge in [0.15, 0.2) is 22.5 Å². The Kier molecular flexibility index (Phi) is 5.79. The molecule has 5 rings (SSSR count). The summed E-state index contributed by atoms with van der Waals surface area (Å²) >= 11 is 1.39. The van der Waals surface area contributed by atoms with Crippen molar-refractivity contribution < 1.29 is 19.0 Å². The molecule has 4 aromatic rings. The van der Waals surface area contributed by atoms with Crippen LogP contribution in [-0.4, -0.2) is 31.7 Å². The zero-order chi connectivity index (χ0) is 21.9. The third-order valence-electron chi connectivity index (χ3n) is 5.16. The van der Waals surface area contributed by atoms with Crippen molar-refractivity contribution in [2.45, 2.75) is 23.1 Å². The minimum absolute atomic E-state index is 0.0376. The summed E-state index contributed by atoms with van der Waals surface area (Å²) in [6.45, 7) is 0.376. The fourth-order valence-electron chi connectivity index (χ4n) is 3.56. The lowest BCUT2D eigenvalue weighted by Gasteiger charge is -2.29. The smallest absolute Gasteiger partial charge is 0.196 e. The molecule has 32 heavy (non-hydrogen) atoms. The van der Waals surface area contributed by atoms with Gasteiger partial charge < -0.3 is 14.6 Å². The monoisotopic (exact) mass is 449 g/mol. The second-order valence-electron chi connectivity index (χ2n) is 7.24. The Morgan fingerprint density at radius 1 is 1.00 bits per heavy atom. The quantitative estimate of drug-likeness (QED) is 0.465. The summed E-state index contributed by atoms with van der Waals surface area (Å²) in [4.78, 5) is 0. The molecule has 2 heterocycles. The molecule has 3 aromatic carbocycles. The molecule has 1 N–H and O–H groups in total. The van der Waals surface area contributed by atoms with Crippen LogP contribution in [0, 0.1) is 5.82 Å². The molecule has 0 radical (unpaired) electrons. The van der Waals surface area contributed by atoms with E-state index in [2.05, 4.69) is 10.2 Å². The average molecular weight is 450 g/mol. The van der Waals surface area contributed by atoms with Gasteiger partial charge in [-0.2, -0.15) is 0 Å². The van der Waals surface area contributed by atoms with Gasteiger partial charge in [-0.05, 0) is 30.3 Å². The SMILES string of the molecule is O[C@@H]1c2ccccc2OC[C@@H]1Sc1nnc(COc2ccccc2F)n1-c1ccccc1. The molecule has 0 bridgehead atoms. The van der Waals surface area contributed by atoms with Crippen molar-refractivity contribution in [1.82, 2.24) is 14.8 Å². The van der Waals surface area contributed by atoms with E-state index in [-0.39, 0.29) is 17.6 Å². The summed E-state index contributed by atoms with van der Waals surface area (Å²) in [7, 11) is 0. The number of fused-ring (bicyclic) bond motifs is 1. The summed E-state index contributed by atoms with van der Waals surface area (Å²) < 4.78 is 27.4. The van der Waals surface area contributed by atoms with Gasteiger partial charge in [-0.3, -0.25) is 4.57 Å². The molecule has 0 spiro atoms. The van der Waals surface area contributed by atoms with Crippen LogP contribution < -0.4 is 9.47 Å². The highest BCUT2D eigenvalue weighted by molar-refractivity contribution is 7.99. The van der Waals surface area contributed by atoms with Crippen LogP contribution in [0.1, 0.15) is 17.5 Å². The van der Waals surface area contributed by atoms with Crippen LogP contribution in [-0.2, 0) is 6.61 Å². The lowest BCUT2D eigenvalue weighted by atomic mass is 10.0. The molecule has 0 amide bonds. The molecular formula is C24H20FN3O3S. The van der Waals surface area contributed by atoms with Crippen LogP contribution in [0.25, 0.3) is 5.69 Å². The van der Waals surface area contributed by atoms with E-state index in [9.17, 15) is 9.50 Å². The van der Waals surface area contributed by atoms with E-state index < -0.39 is 11.9 Å². The number of nitrogens with zero attached hydrogens (tertiary/aromatic N) is 3. The van der Waals surface area contributed by atoms with Crippen LogP contribution in [0.15, 0.2) is 84.0 Å². The minimum Gasteiger partial charge on any atom is -0.492 e. The number of aliphatic hydroxyl groups excluding tert-OH is 1. The summed E-state index contributed by atoms with van der Waals surface area (Å²) in [5, 5.41) is 19.9. The van der Waals surface area contributed by atoms with E-state index in [4.69, 9.17) is 9.47 Å². The second kappa shape index (κ2) is 9.02. The first kappa shape index (κ1) is 20.5. The molecule has 1 aliphatic rings. The average Bonchev–Trinajstić information content (AvgIpc) is 3.23. The largest absolute Gasteiger partial charge is 0.492 e. The van der Waals surface area contributed by atoms with E-state index in [1.165, 1.54) is 17.8 Å². The van der Waals surface area contributed by atoms with Crippen molar-refractivity contribution in [2.75, 3.05) is 6.61 Å². The topological polar surface area (TPSA) is 69.4 Å². The number of rotatable bonds is 6. The molecule has 6 nitrogen and oxygen atoms in total. The van der Waals surface area contributed by atoms with Crippen molar-refractivity contribution in [3.05, 3.63) is 96.1 Å². The van der Waals surface area contributed by atoms with Crippen molar-refractivity contribution in [1.29, 1.82) is 0 Å². The Morgan fingerprint density at radius 3 is 2.59 bits per heavy atom. The number of thioether (sulfide) groups is 1. The van der Waals surface area contributed by atoms with Gasteiger partial charge in [0.05, 0.1) is 11.4 Å². The normalized spacial score (nSPS) is 17.4. The molecule has 0 fully saturated rings. The molecule has 8 heteroatoms. The van der Waals surface area contributed by atoms with Gasteiger partial charge in [0, 0.05) is 11.3 Å². The molecule has 0 unspecified atom stereocenters. The van der Waals surface area contributed by atoms with Gasteiger partial charge in [-0.25, -0.2) is 4.39 Å². The van der Waals surface area contributed by atoms with Crippen LogP contribution >= 0.6 is 11.8 Å². The zero-order valence-corrected chi connectivity index (χ0v) is 17.8. The van der Waals surface area contributed by atoms with Gasteiger partial charge in [-0.15, -0.1) is 10.2 Å². The summed E-state index contributed by atoms with van der Waals surface area (Å²) in [5.74, 6) is 0.931. The number of hydrogen-bond acceptors (Lipinski definition) is 6. The summed E-state index contributed by atoms with van der Waals surface area (Å²) in [6.07, 6.45) is -0.705. The number of ether oxygens (including phenoxy) is 2. The molecule has 0 saturated heterocycles. The molecular weight excluding hydrogens is 429 g/mol. The van der Waals surface area contributed by atoms with Crippen molar-refractivity contribution in [3.63, 3.8) is 0 Å². The number of benzene rings is 3. The fourth-order valence-corrected chi connectivity index (χ4v) is 4.65. The molecule has 162 valence electrons. The third kappa shape index (κ3) is 4.06. The van der Waals surface area contributed by atoms with Gasteiger partial charge in [0.2, 0.25) is 0 Å². The number of halogens is 1. The predicted molar refractivity (Wildman–Crippen MR) is 119 cm³/mol. The van der Waals surface area contributed by atoms with Crippen LogP contribution in [0.3, 0.4) is 0 Å². The second-order valence-corrected chi connectivity index (χ2v) is 8.45. The van der Waals surface area contributed by atoms with E-state index in [1.54, 1.807) is 18.2 Å². The number of aromatic nitrogens is 3. The Bertz CT molecular complexity index is 1220. The third-order valence-corrected chi connectivity index (χ3v) is 6.33. The van der Waals surface area contributed by atoms with Crippen LogP contribution in [0.4, 0.5) is 4.39 Å².